The van der Waals surface area contributed by atoms with E-state index in [2.05, 4.69) is 25.6 Å². The summed E-state index contributed by atoms with van der Waals surface area (Å²) in [7, 11) is -3.52. The Morgan fingerprint density at radius 1 is 1.44 bits per heavy atom. The van der Waals surface area contributed by atoms with Crippen molar-refractivity contribution in [2.45, 2.75) is 6.92 Å². The molecule has 8 heteroatoms. The highest BCUT2D eigenvalue weighted by molar-refractivity contribution is 9.10. The van der Waals surface area contributed by atoms with Crippen molar-refractivity contribution >= 4 is 31.8 Å². The van der Waals surface area contributed by atoms with Crippen molar-refractivity contribution in [2.24, 2.45) is 0 Å². The number of morpholine rings is 1. The van der Waals surface area contributed by atoms with E-state index in [1.807, 2.05) is 6.92 Å². The van der Waals surface area contributed by atoms with Gasteiger partial charge in [0.1, 0.15) is 4.60 Å². The fraction of sp³-hybridized carbons (Fsp3) is 0.500. The van der Waals surface area contributed by atoms with E-state index in [1.54, 1.807) is 6.07 Å². The van der Waals surface area contributed by atoms with Gasteiger partial charge >= 0.3 is 10.2 Å². The number of anilines is 1. The van der Waals surface area contributed by atoms with Crippen LogP contribution in [-0.2, 0) is 14.9 Å². The molecule has 0 unspecified atom stereocenters. The van der Waals surface area contributed by atoms with Crippen molar-refractivity contribution in [1.29, 1.82) is 0 Å². The summed E-state index contributed by atoms with van der Waals surface area (Å²) in [4.78, 5) is 4.05. The summed E-state index contributed by atoms with van der Waals surface area (Å²) in [6.45, 7) is 3.46. The summed E-state index contributed by atoms with van der Waals surface area (Å²) in [5.41, 5.74) is 1.33. The number of hydrogen-bond donors (Lipinski definition) is 1. The maximum atomic E-state index is 12.1. The first kappa shape index (κ1) is 13.7. The summed E-state index contributed by atoms with van der Waals surface area (Å²) >= 11 is 3.27. The van der Waals surface area contributed by atoms with Gasteiger partial charge in [-0.2, -0.15) is 12.7 Å². The molecular formula is C10H14BrN3O3S. The van der Waals surface area contributed by atoms with Crippen LogP contribution in [-0.4, -0.2) is 44.0 Å². The van der Waals surface area contributed by atoms with Gasteiger partial charge in [-0.3, -0.25) is 4.72 Å². The molecule has 100 valence electrons. The second kappa shape index (κ2) is 5.52. The van der Waals surface area contributed by atoms with Crippen LogP contribution < -0.4 is 4.72 Å². The largest absolute Gasteiger partial charge is 0.379 e. The Morgan fingerprint density at radius 2 is 2.11 bits per heavy atom. The van der Waals surface area contributed by atoms with E-state index < -0.39 is 10.2 Å². The molecule has 1 aromatic rings. The Hall–Kier alpha value is -0.700. The smallest absolute Gasteiger partial charge is 0.301 e. The summed E-state index contributed by atoms with van der Waals surface area (Å²) in [6.07, 6.45) is 1.48. The molecule has 1 N–H and O–H groups in total. The van der Waals surface area contributed by atoms with Crippen LogP contribution in [0, 0.1) is 6.92 Å². The molecule has 0 atom stereocenters. The van der Waals surface area contributed by atoms with Crippen LogP contribution in [0.3, 0.4) is 0 Å². The summed E-state index contributed by atoms with van der Waals surface area (Å²) in [5, 5.41) is 0. The molecule has 18 heavy (non-hydrogen) atoms. The van der Waals surface area contributed by atoms with E-state index in [0.717, 1.165) is 5.56 Å². The first-order chi connectivity index (χ1) is 8.49. The summed E-state index contributed by atoms with van der Waals surface area (Å²) in [5.74, 6) is 0. The average Bonchev–Trinajstić information content (AvgIpc) is 2.35. The van der Waals surface area contributed by atoms with Gasteiger partial charge in [0.15, 0.2) is 0 Å². The molecular weight excluding hydrogens is 322 g/mol. The van der Waals surface area contributed by atoms with Crippen LogP contribution in [0.15, 0.2) is 16.9 Å². The molecule has 0 amide bonds. The number of pyridine rings is 1. The average molecular weight is 336 g/mol. The molecule has 0 aliphatic carbocycles. The van der Waals surface area contributed by atoms with Crippen LogP contribution in [0.4, 0.5) is 5.69 Å². The zero-order valence-corrected chi connectivity index (χ0v) is 12.3. The lowest BCUT2D eigenvalue weighted by atomic mass is 10.3. The Morgan fingerprint density at radius 3 is 2.72 bits per heavy atom. The fourth-order valence-electron chi connectivity index (χ4n) is 1.61. The van der Waals surface area contributed by atoms with Gasteiger partial charge in [0.25, 0.3) is 0 Å². The van der Waals surface area contributed by atoms with Gasteiger partial charge in [-0.05, 0) is 34.5 Å². The first-order valence-corrected chi connectivity index (χ1v) is 7.70. The third-order valence-electron chi connectivity index (χ3n) is 2.57. The molecule has 1 aliphatic rings. The third-order valence-corrected chi connectivity index (χ3v) is 4.94. The van der Waals surface area contributed by atoms with E-state index >= 15 is 0 Å². The number of nitrogens with zero attached hydrogens (tertiary/aromatic N) is 2. The molecule has 2 rings (SSSR count). The molecule has 0 aromatic carbocycles. The van der Waals surface area contributed by atoms with Gasteiger partial charge in [0.05, 0.1) is 25.1 Å². The highest BCUT2D eigenvalue weighted by atomic mass is 79.9. The minimum absolute atomic E-state index is 0.373. The van der Waals surface area contributed by atoms with Gasteiger partial charge in [-0.15, -0.1) is 0 Å². The number of hydrogen-bond acceptors (Lipinski definition) is 4. The Bertz CT molecular complexity index is 529. The van der Waals surface area contributed by atoms with Gasteiger partial charge in [-0.1, -0.05) is 0 Å². The van der Waals surface area contributed by atoms with E-state index in [4.69, 9.17) is 4.74 Å². The number of aryl methyl sites for hydroxylation is 1. The van der Waals surface area contributed by atoms with E-state index in [9.17, 15) is 8.42 Å². The normalized spacial score (nSPS) is 17.7. The minimum atomic E-state index is -3.52. The molecule has 6 nitrogen and oxygen atoms in total. The molecule has 1 aliphatic heterocycles. The summed E-state index contributed by atoms with van der Waals surface area (Å²) in [6, 6.07) is 1.73. The number of nitrogens with one attached hydrogen (secondary N) is 1. The topological polar surface area (TPSA) is 71.5 Å². The highest BCUT2D eigenvalue weighted by Gasteiger charge is 2.24. The van der Waals surface area contributed by atoms with Crippen LogP contribution >= 0.6 is 15.9 Å². The zero-order valence-electron chi connectivity index (χ0n) is 9.89. The third kappa shape index (κ3) is 3.19. The molecule has 2 heterocycles. The fourth-order valence-corrected chi connectivity index (χ4v) is 3.00. The lowest BCUT2D eigenvalue weighted by Gasteiger charge is -2.26. The molecule has 0 spiro atoms. The maximum Gasteiger partial charge on any atom is 0.301 e. The SMILES string of the molecule is Cc1cc(NS(=O)(=O)N2CCOCC2)cnc1Br. The van der Waals surface area contributed by atoms with Crippen molar-refractivity contribution in [1.82, 2.24) is 9.29 Å². The van der Waals surface area contributed by atoms with Crippen molar-refractivity contribution in [3.8, 4) is 0 Å². The van der Waals surface area contributed by atoms with Crippen molar-refractivity contribution in [2.75, 3.05) is 31.0 Å². The molecule has 1 fully saturated rings. The molecule has 1 aromatic heterocycles. The second-order valence-corrected chi connectivity index (χ2v) is 6.37. The van der Waals surface area contributed by atoms with Gasteiger partial charge in [-0.25, -0.2) is 4.98 Å². The molecule has 0 saturated carbocycles. The maximum absolute atomic E-state index is 12.1. The van der Waals surface area contributed by atoms with Gasteiger partial charge < -0.3 is 4.74 Å². The number of halogens is 1. The molecule has 0 bridgehead atoms. The van der Waals surface area contributed by atoms with Gasteiger partial charge in [0, 0.05) is 13.1 Å². The summed E-state index contributed by atoms with van der Waals surface area (Å²) < 4.78 is 33.9. The van der Waals surface area contributed by atoms with E-state index in [1.165, 1.54) is 10.5 Å². The van der Waals surface area contributed by atoms with Crippen LogP contribution in [0.5, 0.6) is 0 Å². The minimum Gasteiger partial charge on any atom is -0.379 e. The number of aromatic nitrogens is 1. The molecule has 0 radical (unpaired) electrons. The predicted molar refractivity (Wildman–Crippen MR) is 71.6 cm³/mol. The monoisotopic (exact) mass is 335 g/mol. The van der Waals surface area contributed by atoms with Gasteiger partial charge in [0.2, 0.25) is 0 Å². The Labute approximate surface area is 115 Å². The first-order valence-electron chi connectivity index (χ1n) is 5.47. The number of ether oxygens (including phenoxy) is 1. The van der Waals surface area contributed by atoms with Crippen LogP contribution in [0.2, 0.25) is 0 Å². The van der Waals surface area contributed by atoms with E-state index in [0.29, 0.717) is 36.6 Å². The second-order valence-electron chi connectivity index (χ2n) is 3.95. The Kier molecular flexibility index (Phi) is 4.21. The number of rotatable bonds is 3. The lowest BCUT2D eigenvalue weighted by Crippen LogP contribution is -2.43. The quantitative estimate of drug-likeness (QED) is 0.841. The predicted octanol–water partition coefficient (Wildman–Crippen LogP) is 1.14. The highest BCUT2D eigenvalue weighted by Crippen LogP contribution is 2.18. The zero-order chi connectivity index (χ0) is 13.2. The Balaban J connectivity index is 2.13. The molecule has 1 saturated heterocycles. The van der Waals surface area contributed by atoms with Crippen LogP contribution in [0.25, 0.3) is 0 Å². The van der Waals surface area contributed by atoms with E-state index in [-0.39, 0.29) is 0 Å². The lowest BCUT2D eigenvalue weighted by molar-refractivity contribution is 0.0733. The van der Waals surface area contributed by atoms with Crippen LogP contribution in [0.1, 0.15) is 5.56 Å². The van der Waals surface area contributed by atoms with Crippen molar-refractivity contribution in [3.63, 3.8) is 0 Å². The van der Waals surface area contributed by atoms with Crippen molar-refractivity contribution < 1.29 is 13.2 Å². The standard InChI is InChI=1S/C10H14BrN3O3S/c1-8-6-9(7-12-10(8)11)13-18(15,16)14-2-4-17-5-3-14/h6-7,13H,2-5H2,1H3. The van der Waals surface area contributed by atoms with Crippen molar-refractivity contribution in [3.05, 3.63) is 22.4 Å².